The molecule has 2 rings (SSSR count). The number of rotatable bonds is 5. The Morgan fingerprint density at radius 3 is 3.05 bits per heavy atom. The lowest BCUT2D eigenvalue weighted by molar-refractivity contribution is -0.124. The van der Waals surface area contributed by atoms with Crippen LogP contribution in [0.3, 0.4) is 0 Å². The topological polar surface area (TPSA) is 73.8 Å². The van der Waals surface area contributed by atoms with Crippen LogP contribution < -0.4 is 10.6 Å². The third-order valence-corrected chi connectivity index (χ3v) is 3.24. The largest absolute Gasteiger partial charge is 0.382 e. The van der Waals surface area contributed by atoms with Crippen LogP contribution in [-0.4, -0.2) is 43.5 Å². The highest BCUT2D eigenvalue weighted by atomic mass is 35.5. The lowest BCUT2D eigenvalue weighted by Crippen LogP contribution is -2.48. The molecule has 6 nitrogen and oxygen atoms in total. The Morgan fingerprint density at radius 2 is 2.32 bits per heavy atom. The van der Waals surface area contributed by atoms with E-state index in [1.807, 2.05) is 4.90 Å². The molecule has 0 saturated carbocycles. The molecule has 7 heteroatoms. The van der Waals surface area contributed by atoms with Gasteiger partial charge in [-0.2, -0.15) is 0 Å². The van der Waals surface area contributed by atoms with Crippen LogP contribution in [0.5, 0.6) is 0 Å². The number of nitrogens with one attached hydrogen (secondary N) is 2. The fourth-order valence-corrected chi connectivity index (χ4v) is 2.19. The van der Waals surface area contributed by atoms with Crippen molar-refractivity contribution in [3.05, 3.63) is 28.1 Å². The van der Waals surface area contributed by atoms with E-state index >= 15 is 0 Å². The summed E-state index contributed by atoms with van der Waals surface area (Å²) in [4.78, 5) is 24.0. The van der Waals surface area contributed by atoms with Gasteiger partial charge in [0.1, 0.15) is 5.69 Å². The van der Waals surface area contributed by atoms with Gasteiger partial charge in [-0.1, -0.05) is 17.7 Å². The van der Waals surface area contributed by atoms with Crippen molar-refractivity contribution in [1.29, 1.82) is 0 Å². The average molecular weight is 283 g/mol. The number of piperazine rings is 1. The fraction of sp³-hybridized carbons (Fsp3) is 0.417. The highest BCUT2D eigenvalue weighted by Crippen LogP contribution is 2.32. The zero-order chi connectivity index (χ0) is 13.7. The predicted octanol–water partition coefficient (Wildman–Crippen LogP) is 1.58. The summed E-state index contributed by atoms with van der Waals surface area (Å²) in [5, 5.41) is 9.14. The average Bonchev–Trinajstić information content (AvgIpc) is 2.39. The van der Waals surface area contributed by atoms with Gasteiger partial charge in [0.15, 0.2) is 0 Å². The minimum Gasteiger partial charge on any atom is -0.382 e. The molecule has 1 heterocycles. The first-order chi connectivity index (χ1) is 9.20. The quantitative estimate of drug-likeness (QED) is 0.804. The Bertz CT molecular complexity index is 481. The molecule has 0 aliphatic carbocycles. The Kier molecular flexibility index (Phi) is 4.70. The molecule has 0 aromatic heterocycles. The van der Waals surface area contributed by atoms with Crippen molar-refractivity contribution in [2.24, 2.45) is 5.18 Å². The number of benzene rings is 1. The van der Waals surface area contributed by atoms with E-state index in [2.05, 4.69) is 15.8 Å². The standard InChI is InChI=1S/C12H15ClN4O2/c13-9-2-1-3-10(12(9)16-19)14-4-6-17-7-5-15-11(18)8-17/h1-3,14H,4-8H2,(H,15,18). The van der Waals surface area contributed by atoms with Crippen molar-refractivity contribution in [2.45, 2.75) is 0 Å². The zero-order valence-electron chi connectivity index (χ0n) is 10.4. The van der Waals surface area contributed by atoms with Gasteiger partial charge in [0.2, 0.25) is 5.91 Å². The SMILES string of the molecule is O=Nc1c(Cl)cccc1NCCN1CCNC(=O)C1. The molecule has 1 aromatic rings. The molecule has 1 aromatic carbocycles. The van der Waals surface area contributed by atoms with Crippen molar-refractivity contribution in [3.8, 4) is 0 Å². The van der Waals surface area contributed by atoms with Gasteiger partial charge < -0.3 is 10.6 Å². The fourth-order valence-electron chi connectivity index (χ4n) is 1.98. The lowest BCUT2D eigenvalue weighted by atomic mass is 10.2. The van der Waals surface area contributed by atoms with Gasteiger partial charge in [-0.3, -0.25) is 9.69 Å². The highest BCUT2D eigenvalue weighted by Gasteiger charge is 2.15. The van der Waals surface area contributed by atoms with Crippen LogP contribution in [0.15, 0.2) is 23.4 Å². The summed E-state index contributed by atoms with van der Waals surface area (Å²) in [6.45, 7) is 3.27. The smallest absolute Gasteiger partial charge is 0.234 e. The Labute approximate surface area is 116 Å². The van der Waals surface area contributed by atoms with Crippen LogP contribution >= 0.6 is 11.6 Å². The van der Waals surface area contributed by atoms with Crippen LogP contribution in [0.2, 0.25) is 5.02 Å². The molecule has 0 radical (unpaired) electrons. The third kappa shape index (κ3) is 3.65. The minimum absolute atomic E-state index is 0.0456. The second-order valence-electron chi connectivity index (χ2n) is 4.28. The van der Waals surface area contributed by atoms with Crippen LogP contribution in [0.4, 0.5) is 11.4 Å². The maximum Gasteiger partial charge on any atom is 0.234 e. The second-order valence-corrected chi connectivity index (χ2v) is 4.69. The summed E-state index contributed by atoms with van der Waals surface area (Å²) in [5.41, 5.74) is 0.838. The van der Waals surface area contributed by atoms with E-state index in [9.17, 15) is 9.70 Å². The van der Waals surface area contributed by atoms with E-state index < -0.39 is 0 Å². The number of halogens is 1. The van der Waals surface area contributed by atoms with Gasteiger partial charge in [-0.15, -0.1) is 4.91 Å². The zero-order valence-corrected chi connectivity index (χ0v) is 11.1. The van der Waals surface area contributed by atoms with Gasteiger partial charge in [0, 0.05) is 26.2 Å². The van der Waals surface area contributed by atoms with Crippen LogP contribution in [-0.2, 0) is 4.79 Å². The van der Waals surface area contributed by atoms with Gasteiger partial charge in [-0.05, 0) is 17.3 Å². The van der Waals surface area contributed by atoms with Crippen LogP contribution in [0.1, 0.15) is 0 Å². The van der Waals surface area contributed by atoms with Crippen molar-refractivity contribution in [1.82, 2.24) is 10.2 Å². The monoisotopic (exact) mass is 282 g/mol. The molecule has 1 amide bonds. The number of nitrogens with zero attached hydrogens (tertiary/aromatic N) is 2. The normalized spacial score (nSPS) is 15.9. The molecule has 0 unspecified atom stereocenters. The lowest BCUT2D eigenvalue weighted by Gasteiger charge is -2.26. The third-order valence-electron chi connectivity index (χ3n) is 2.94. The van der Waals surface area contributed by atoms with Crippen molar-refractivity contribution in [2.75, 3.05) is 38.0 Å². The molecule has 19 heavy (non-hydrogen) atoms. The Morgan fingerprint density at radius 1 is 1.47 bits per heavy atom. The number of amides is 1. The number of hydrogen-bond donors (Lipinski definition) is 2. The molecular formula is C12H15ClN4O2. The molecule has 1 fully saturated rings. The van der Waals surface area contributed by atoms with Crippen molar-refractivity contribution < 1.29 is 4.79 Å². The van der Waals surface area contributed by atoms with Crippen molar-refractivity contribution >= 4 is 28.9 Å². The molecule has 0 atom stereocenters. The number of hydrogen-bond acceptors (Lipinski definition) is 5. The van der Waals surface area contributed by atoms with Crippen LogP contribution in [0, 0.1) is 4.91 Å². The van der Waals surface area contributed by atoms with E-state index in [0.29, 0.717) is 30.3 Å². The summed E-state index contributed by atoms with van der Waals surface area (Å²) in [6.07, 6.45) is 0. The molecule has 1 aliphatic heterocycles. The number of carbonyl (C=O) groups excluding carboxylic acids is 1. The maximum atomic E-state index is 11.2. The number of nitroso groups, excluding NO2 is 1. The maximum absolute atomic E-state index is 11.2. The second kappa shape index (κ2) is 6.49. The molecule has 1 aliphatic rings. The highest BCUT2D eigenvalue weighted by molar-refractivity contribution is 6.33. The Hall–Kier alpha value is -1.66. The van der Waals surface area contributed by atoms with Crippen LogP contribution in [0.25, 0.3) is 0 Å². The van der Waals surface area contributed by atoms with Gasteiger partial charge in [0.05, 0.1) is 17.3 Å². The van der Waals surface area contributed by atoms with E-state index in [4.69, 9.17) is 11.6 Å². The minimum atomic E-state index is 0.0456. The molecule has 102 valence electrons. The predicted molar refractivity (Wildman–Crippen MR) is 74.8 cm³/mol. The van der Waals surface area contributed by atoms with Gasteiger partial charge in [-0.25, -0.2) is 0 Å². The first kappa shape index (κ1) is 13.8. The summed E-state index contributed by atoms with van der Waals surface area (Å²) in [7, 11) is 0. The first-order valence-corrected chi connectivity index (χ1v) is 6.43. The summed E-state index contributed by atoms with van der Waals surface area (Å²) < 4.78 is 0. The van der Waals surface area contributed by atoms with Crippen molar-refractivity contribution in [3.63, 3.8) is 0 Å². The molecule has 0 bridgehead atoms. The van der Waals surface area contributed by atoms with Gasteiger partial charge >= 0.3 is 0 Å². The first-order valence-electron chi connectivity index (χ1n) is 6.05. The van der Waals surface area contributed by atoms with E-state index in [-0.39, 0.29) is 11.6 Å². The number of carbonyl (C=O) groups is 1. The number of anilines is 1. The summed E-state index contributed by atoms with van der Waals surface area (Å²) >= 11 is 5.88. The summed E-state index contributed by atoms with van der Waals surface area (Å²) in [5.74, 6) is 0.0456. The van der Waals surface area contributed by atoms with Gasteiger partial charge in [0.25, 0.3) is 0 Å². The molecule has 2 N–H and O–H groups in total. The summed E-state index contributed by atoms with van der Waals surface area (Å²) in [6, 6.07) is 5.14. The molecular weight excluding hydrogens is 268 g/mol. The van der Waals surface area contributed by atoms with E-state index in [1.54, 1.807) is 18.2 Å². The molecule has 1 saturated heterocycles. The Balaban J connectivity index is 1.87. The van der Waals surface area contributed by atoms with E-state index in [1.165, 1.54) is 0 Å². The van der Waals surface area contributed by atoms with E-state index in [0.717, 1.165) is 13.1 Å². The molecule has 0 spiro atoms.